The van der Waals surface area contributed by atoms with E-state index in [1.165, 1.54) is 27.8 Å². The molecule has 0 unspecified atom stereocenters. The van der Waals surface area contributed by atoms with Crippen molar-refractivity contribution >= 4 is 17.7 Å². The number of amides is 3. The van der Waals surface area contributed by atoms with Crippen LogP contribution in [0.2, 0.25) is 0 Å². The molecule has 188 valence electrons. The van der Waals surface area contributed by atoms with E-state index >= 15 is 0 Å². The zero-order valence-corrected chi connectivity index (χ0v) is 20.1. The molecule has 0 aliphatic carbocycles. The van der Waals surface area contributed by atoms with Crippen molar-refractivity contribution < 1.29 is 23.5 Å². The van der Waals surface area contributed by atoms with E-state index in [4.69, 9.17) is 4.74 Å². The van der Waals surface area contributed by atoms with Gasteiger partial charge in [0.05, 0.1) is 19.8 Å². The number of ether oxygens (including phenoxy) is 1. The molecular formula is C24H31FN6O4. The predicted octanol–water partition coefficient (Wildman–Crippen LogP) is 0.635. The highest BCUT2D eigenvalue weighted by Crippen LogP contribution is 2.26. The first-order chi connectivity index (χ1) is 16.8. The van der Waals surface area contributed by atoms with E-state index < -0.39 is 11.4 Å². The number of carbonyl (C=O) groups excluding carboxylic acids is 3. The van der Waals surface area contributed by atoms with Gasteiger partial charge in [-0.25, -0.2) is 4.39 Å². The number of morpholine rings is 1. The van der Waals surface area contributed by atoms with Crippen LogP contribution in [0.5, 0.6) is 0 Å². The highest BCUT2D eigenvalue weighted by atomic mass is 19.1. The van der Waals surface area contributed by atoms with Crippen LogP contribution in [-0.2, 0) is 22.6 Å². The standard InChI is InChI=1S/C24H31FN6O4/c1-24(23(34)27-15-17-4-6-18(25)7-5-17)16-31-20(22(33)29(24)2)14-19(28-31)21(32)26-8-3-9-30-10-12-35-13-11-30/h4-7,14H,3,8-13,15-16H2,1-2H3,(H,26,32)(H,27,34)/t24-/m0/s1. The van der Waals surface area contributed by atoms with Crippen LogP contribution in [0.4, 0.5) is 4.39 Å². The maximum absolute atomic E-state index is 13.1. The zero-order chi connectivity index (χ0) is 25.0. The van der Waals surface area contributed by atoms with Gasteiger partial charge in [-0.3, -0.25) is 24.0 Å². The van der Waals surface area contributed by atoms with Gasteiger partial charge in [0.1, 0.15) is 17.1 Å². The first-order valence-corrected chi connectivity index (χ1v) is 11.7. The summed E-state index contributed by atoms with van der Waals surface area (Å²) in [5.41, 5.74) is -0.0680. The molecular weight excluding hydrogens is 455 g/mol. The second kappa shape index (κ2) is 10.5. The molecule has 3 amide bonds. The highest BCUT2D eigenvalue weighted by molar-refractivity contribution is 6.01. The van der Waals surface area contributed by atoms with Gasteiger partial charge in [-0.05, 0) is 37.6 Å². The SMILES string of the molecule is CN1C(=O)c2cc(C(=O)NCCCN3CCOCC3)nn2C[C@@]1(C)C(=O)NCc1ccc(F)cc1. The molecule has 3 heterocycles. The molecule has 0 radical (unpaired) electrons. The van der Waals surface area contributed by atoms with Crippen LogP contribution in [-0.4, -0.2) is 89.3 Å². The number of rotatable bonds is 8. The molecule has 1 fully saturated rings. The molecule has 2 aliphatic heterocycles. The molecule has 0 bridgehead atoms. The Hall–Kier alpha value is -3.31. The van der Waals surface area contributed by atoms with Crippen LogP contribution in [0.1, 0.15) is 39.9 Å². The Bertz CT molecular complexity index is 1080. The van der Waals surface area contributed by atoms with Gasteiger partial charge in [-0.2, -0.15) is 5.10 Å². The van der Waals surface area contributed by atoms with Crippen molar-refractivity contribution in [2.75, 3.05) is 46.4 Å². The summed E-state index contributed by atoms with van der Waals surface area (Å²) >= 11 is 0. The predicted molar refractivity (Wildman–Crippen MR) is 125 cm³/mol. The smallest absolute Gasteiger partial charge is 0.272 e. The third kappa shape index (κ3) is 5.51. The third-order valence-electron chi connectivity index (χ3n) is 6.63. The lowest BCUT2D eigenvalue weighted by Crippen LogP contribution is -2.62. The first kappa shape index (κ1) is 24.8. The van der Waals surface area contributed by atoms with E-state index in [1.54, 1.807) is 26.1 Å². The molecule has 4 rings (SSSR count). The molecule has 35 heavy (non-hydrogen) atoms. The van der Waals surface area contributed by atoms with E-state index in [-0.39, 0.29) is 42.1 Å². The second-order valence-corrected chi connectivity index (χ2v) is 9.08. The van der Waals surface area contributed by atoms with Gasteiger partial charge in [-0.15, -0.1) is 0 Å². The van der Waals surface area contributed by atoms with E-state index in [2.05, 4.69) is 20.6 Å². The van der Waals surface area contributed by atoms with E-state index in [0.717, 1.165) is 44.8 Å². The number of nitrogens with zero attached hydrogens (tertiary/aromatic N) is 4. The number of fused-ring (bicyclic) bond motifs is 1. The Balaban J connectivity index is 1.36. The minimum atomic E-state index is -1.21. The topological polar surface area (TPSA) is 109 Å². The number of hydrogen-bond acceptors (Lipinski definition) is 6. The lowest BCUT2D eigenvalue weighted by atomic mass is 9.96. The summed E-state index contributed by atoms with van der Waals surface area (Å²) in [6, 6.07) is 7.29. The van der Waals surface area contributed by atoms with Gasteiger partial charge < -0.3 is 20.3 Å². The maximum Gasteiger partial charge on any atom is 0.272 e. The lowest BCUT2D eigenvalue weighted by Gasteiger charge is -2.40. The number of hydrogen-bond donors (Lipinski definition) is 2. The molecule has 0 saturated carbocycles. The van der Waals surface area contributed by atoms with E-state index in [0.29, 0.717) is 6.54 Å². The monoisotopic (exact) mass is 486 g/mol. The maximum atomic E-state index is 13.1. The van der Waals surface area contributed by atoms with Gasteiger partial charge in [0, 0.05) is 39.3 Å². The molecule has 1 aromatic carbocycles. The number of benzene rings is 1. The average Bonchev–Trinajstić information content (AvgIpc) is 3.29. The van der Waals surface area contributed by atoms with Crippen LogP contribution in [0, 0.1) is 5.82 Å². The fourth-order valence-corrected chi connectivity index (χ4v) is 4.23. The van der Waals surface area contributed by atoms with Crippen LogP contribution >= 0.6 is 0 Å². The highest BCUT2D eigenvalue weighted by Gasteiger charge is 2.46. The van der Waals surface area contributed by atoms with Gasteiger partial charge in [-0.1, -0.05) is 12.1 Å². The van der Waals surface area contributed by atoms with Gasteiger partial charge >= 0.3 is 0 Å². The van der Waals surface area contributed by atoms with Crippen molar-refractivity contribution in [3.63, 3.8) is 0 Å². The molecule has 10 nitrogen and oxygen atoms in total. The zero-order valence-electron chi connectivity index (χ0n) is 20.1. The number of halogens is 1. The minimum Gasteiger partial charge on any atom is -0.379 e. The summed E-state index contributed by atoms with van der Waals surface area (Å²) < 4.78 is 19.9. The number of likely N-dealkylation sites (N-methyl/N-ethyl adjacent to an activating group) is 1. The Morgan fingerprint density at radius 3 is 2.60 bits per heavy atom. The third-order valence-corrected chi connectivity index (χ3v) is 6.63. The number of nitrogens with one attached hydrogen (secondary N) is 2. The van der Waals surface area contributed by atoms with Crippen molar-refractivity contribution in [3.8, 4) is 0 Å². The van der Waals surface area contributed by atoms with Gasteiger partial charge in [0.2, 0.25) is 5.91 Å². The van der Waals surface area contributed by atoms with Crippen LogP contribution in [0.15, 0.2) is 30.3 Å². The molecule has 11 heteroatoms. The summed E-state index contributed by atoms with van der Waals surface area (Å²) in [6.45, 7) is 6.58. The summed E-state index contributed by atoms with van der Waals surface area (Å²) in [7, 11) is 1.56. The normalized spacial score (nSPS) is 20.4. The molecule has 1 atom stereocenters. The molecule has 2 aliphatic rings. The molecule has 1 aromatic heterocycles. The molecule has 2 N–H and O–H groups in total. The Kier molecular flexibility index (Phi) is 7.46. The van der Waals surface area contributed by atoms with Gasteiger partial charge in [0.15, 0.2) is 5.69 Å². The molecule has 1 saturated heterocycles. The van der Waals surface area contributed by atoms with Crippen molar-refractivity contribution in [2.24, 2.45) is 0 Å². The summed E-state index contributed by atoms with van der Waals surface area (Å²) in [4.78, 5) is 42.4. The van der Waals surface area contributed by atoms with Crippen LogP contribution in [0.25, 0.3) is 0 Å². The van der Waals surface area contributed by atoms with Gasteiger partial charge in [0.25, 0.3) is 11.8 Å². The van der Waals surface area contributed by atoms with E-state index in [1.807, 2.05) is 0 Å². The summed E-state index contributed by atoms with van der Waals surface area (Å²) in [5, 5.41) is 9.99. The largest absolute Gasteiger partial charge is 0.379 e. The number of aromatic nitrogens is 2. The Morgan fingerprint density at radius 1 is 1.17 bits per heavy atom. The quantitative estimate of drug-likeness (QED) is 0.530. The van der Waals surface area contributed by atoms with Crippen molar-refractivity contribution in [1.29, 1.82) is 0 Å². The van der Waals surface area contributed by atoms with Crippen LogP contribution < -0.4 is 10.6 Å². The van der Waals surface area contributed by atoms with Crippen LogP contribution in [0.3, 0.4) is 0 Å². The van der Waals surface area contributed by atoms with E-state index in [9.17, 15) is 18.8 Å². The number of carbonyl (C=O) groups is 3. The fourth-order valence-electron chi connectivity index (χ4n) is 4.23. The second-order valence-electron chi connectivity index (χ2n) is 9.08. The molecule has 0 spiro atoms. The summed E-state index contributed by atoms with van der Waals surface area (Å²) in [6.07, 6.45) is 0.799. The molecule has 2 aromatic rings. The lowest BCUT2D eigenvalue weighted by molar-refractivity contribution is -0.132. The first-order valence-electron chi connectivity index (χ1n) is 11.7. The van der Waals surface area contributed by atoms with Crippen molar-refractivity contribution in [1.82, 2.24) is 30.2 Å². The Labute approximate surface area is 203 Å². The van der Waals surface area contributed by atoms with Crippen molar-refractivity contribution in [3.05, 3.63) is 53.1 Å². The minimum absolute atomic E-state index is 0.101. The average molecular weight is 487 g/mol. The van der Waals surface area contributed by atoms with Crippen molar-refractivity contribution in [2.45, 2.75) is 32.0 Å². The Morgan fingerprint density at radius 2 is 1.89 bits per heavy atom. The summed E-state index contributed by atoms with van der Waals surface area (Å²) in [5.74, 6) is -1.47. The fraction of sp³-hybridized carbons (Fsp3) is 0.500.